The lowest BCUT2D eigenvalue weighted by Crippen LogP contribution is -2.27. The number of oxazole rings is 1. The van der Waals surface area contributed by atoms with Gasteiger partial charge in [0.25, 0.3) is 0 Å². The number of fused-ring (bicyclic) bond motifs is 1. The first-order valence-corrected chi connectivity index (χ1v) is 4.83. The number of rotatable bonds is 1. The zero-order valence-electron chi connectivity index (χ0n) is 6.94. The van der Waals surface area contributed by atoms with Gasteiger partial charge in [0, 0.05) is 4.98 Å². The van der Waals surface area contributed by atoms with E-state index in [1.54, 1.807) is 0 Å². The van der Waals surface area contributed by atoms with Gasteiger partial charge in [0.05, 0.1) is 13.2 Å². The van der Waals surface area contributed by atoms with Crippen LogP contribution in [0.25, 0.3) is 11.2 Å². The number of hydrogen-bond acceptors (Lipinski definition) is 3. The van der Waals surface area contributed by atoms with Crippen LogP contribution in [-0.2, 0) is 7.05 Å². The molecule has 0 bridgehead atoms. The number of pyridine rings is 1. The van der Waals surface area contributed by atoms with Gasteiger partial charge in [0.1, 0.15) is 0 Å². The molecular weight excluding hydrogens is 184 g/mol. The molecule has 2 aromatic rings. The highest BCUT2D eigenvalue weighted by Gasteiger charge is 2.14. The predicted molar refractivity (Wildman–Crippen MR) is 53.7 cm³/mol. The molecule has 0 atom stereocenters. The van der Waals surface area contributed by atoms with E-state index < -0.39 is 0 Å². The maximum absolute atomic E-state index is 5.43. The van der Waals surface area contributed by atoms with Crippen molar-refractivity contribution in [3.8, 4) is 0 Å². The summed E-state index contributed by atoms with van der Waals surface area (Å²) in [6.45, 7) is 0. The van der Waals surface area contributed by atoms with Crippen molar-refractivity contribution in [1.82, 2.24) is 4.98 Å². The standard InChI is InChI=1S/C8H9N2OS.CH4/c1-10-5-3-4-6-7(10)9-8(11-6)12-2;/h3-5H,1-2H3;1H4/q+1;. The van der Waals surface area contributed by atoms with Crippen LogP contribution in [0.15, 0.2) is 28.0 Å². The number of aromatic nitrogens is 2. The maximum Gasteiger partial charge on any atom is 0.371 e. The van der Waals surface area contributed by atoms with Crippen molar-refractivity contribution in [2.75, 3.05) is 6.26 Å². The zero-order valence-corrected chi connectivity index (χ0v) is 7.76. The van der Waals surface area contributed by atoms with Crippen LogP contribution in [0.4, 0.5) is 0 Å². The van der Waals surface area contributed by atoms with Gasteiger partial charge in [-0.2, -0.15) is 0 Å². The molecule has 0 N–H and O–H groups in total. The van der Waals surface area contributed by atoms with E-state index in [0.29, 0.717) is 5.22 Å². The van der Waals surface area contributed by atoms with Gasteiger partial charge in [-0.1, -0.05) is 7.43 Å². The van der Waals surface area contributed by atoms with Gasteiger partial charge in [0.15, 0.2) is 0 Å². The molecule has 0 aromatic carbocycles. The first-order valence-electron chi connectivity index (χ1n) is 3.60. The molecule has 4 heteroatoms. The Morgan fingerprint density at radius 2 is 2.31 bits per heavy atom. The van der Waals surface area contributed by atoms with Gasteiger partial charge in [0.2, 0.25) is 5.58 Å². The van der Waals surface area contributed by atoms with E-state index in [0.717, 1.165) is 11.2 Å². The van der Waals surface area contributed by atoms with Crippen LogP contribution in [0, 0.1) is 0 Å². The zero-order chi connectivity index (χ0) is 8.55. The minimum Gasteiger partial charge on any atom is -0.406 e. The summed E-state index contributed by atoms with van der Waals surface area (Å²) >= 11 is 1.51. The number of thioether (sulfide) groups is 1. The third-order valence-corrected chi connectivity index (χ3v) is 2.20. The summed E-state index contributed by atoms with van der Waals surface area (Å²) in [6.07, 6.45) is 3.90. The molecular formula is C9H13N2OS+. The molecule has 0 saturated heterocycles. The average Bonchev–Trinajstić information content (AvgIpc) is 2.49. The molecule has 0 aliphatic rings. The van der Waals surface area contributed by atoms with Crippen molar-refractivity contribution < 1.29 is 8.98 Å². The van der Waals surface area contributed by atoms with E-state index in [2.05, 4.69) is 4.98 Å². The molecule has 0 unspecified atom stereocenters. The highest BCUT2D eigenvalue weighted by atomic mass is 32.2. The van der Waals surface area contributed by atoms with E-state index >= 15 is 0 Å². The monoisotopic (exact) mass is 197 g/mol. The Kier molecular flexibility index (Phi) is 2.93. The lowest BCUT2D eigenvalue weighted by Gasteiger charge is -1.85. The fourth-order valence-corrected chi connectivity index (χ4v) is 1.43. The van der Waals surface area contributed by atoms with E-state index in [-0.39, 0.29) is 7.43 Å². The van der Waals surface area contributed by atoms with Gasteiger partial charge in [-0.25, -0.2) is 4.57 Å². The van der Waals surface area contributed by atoms with Crippen LogP contribution in [0.1, 0.15) is 7.43 Å². The van der Waals surface area contributed by atoms with Crippen LogP contribution >= 0.6 is 11.8 Å². The quantitative estimate of drug-likeness (QED) is 0.517. The van der Waals surface area contributed by atoms with Crippen molar-refractivity contribution in [1.29, 1.82) is 0 Å². The second-order valence-corrected chi connectivity index (χ2v) is 3.25. The first-order chi connectivity index (χ1) is 5.81. The Morgan fingerprint density at radius 3 is 2.92 bits per heavy atom. The van der Waals surface area contributed by atoms with Crippen LogP contribution in [0.2, 0.25) is 0 Å². The van der Waals surface area contributed by atoms with Gasteiger partial charge >= 0.3 is 10.9 Å². The number of hydrogen-bond donors (Lipinski definition) is 0. The average molecular weight is 197 g/mol. The van der Waals surface area contributed by atoms with Gasteiger partial charge in [-0.3, -0.25) is 0 Å². The summed E-state index contributed by atoms with van der Waals surface area (Å²) in [4.78, 5) is 4.29. The largest absolute Gasteiger partial charge is 0.406 e. The summed E-state index contributed by atoms with van der Waals surface area (Å²) in [5, 5.41) is 0.715. The second-order valence-electron chi connectivity index (χ2n) is 2.49. The Morgan fingerprint density at radius 1 is 1.54 bits per heavy atom. The smallest absolute Gasteiger partial charge is 0.371 e. The van der Waals surface area contributed by atoms with Crippen molar-refractivity contribution in [3.63, 3.8) is 0 Å². The molecule has 0 aliphatic heterocycles. The molecule has 3 nitrogen and oxygen atoms in total. The Hall–Kier alpha value is -1.03. The van der Waals surface area contributed by atoms with Crippen molar-refractivity contribution >= 4 is 23.0 Å². The summed E-state index contributed by atoms with van der Waals surface area (Å²) in [6, 6.07) is 3.86. The van der Waals surface area contributed by atoms with Crippen molar-refractivity contribution in [2.45, 2.75) is 12.6 Å². The van der Waals surface area contributed by atoms with Crippen molar-refractivity contribution in [2.24, 2.45) is 7.05 Å². The summed E-state index contributed by atoms with van der Waals surface area (Å²) in [7, 11) is 1.95. The SMILES string of the molecule is C.CSc1nc2c(ccc[n+]2C)o1. The van der Waals surface area contributed by atoms with Gasteiger partial charge in [-0.15, -0.1) is 0 Å². The molecule has 0 radical (unpaired) electrons. The predicted octanol–water partition coefficient (Wildman–Crippen LogP) is 2.01. The van der Waals surface area contributed by atoms with Crippen LogP contribution in [0.5, 0.6) is 0 Å². The third kappa shape index (κ3) is 1.67. The molecule has 2 heterocycles. The maximum atomic E-state index is 5.43. The Bertz CT molecular complexity index is 411. The van der Waals surface area contributed by atoms with Gasteiger partial charge in [-0.05, 0) is 30.2 Å². The van der Waals surface area contributed by atoms with E-state index in [1.165, 1.54) is 11.8 Å². The fraction of sp³-hybridized carbons (Fsp3) is 0.333. The minimum atomic E-state index is 0. The summed E-state index contributed by atoms with van der Waals surface area (Å²) in [5.74, 6) is 0. The molecule has 0 amide bonds. The van der Waals surface area contributed by atoms with Crippen LogP contribution < -0.4 is 4.57 Å². The summed E-state index contributed by atoms with van der Waals surface area (Å²) < 4.78 is 7.37. The van der Waals surface area contributed by atoms with E-state index in [4.69, 9.17) is 4.42 Å². The molecule has 0 spiro atoms. The van der Waals surface area contributed by atoms with Crippen molar-refractivity contribution in [3.05, 3.63) is 18.3 Å². The second kappa shape index (κ2) is 3.79. The van der Waals surface area contributed by atoms with Crippen LogP contribution in [0.3, 0.4) is 0 Å². The Balaban J connectivity index is 0.000000845. The lowest BCUT2D eigenvalue weighted by molar-refractivity contribution is -0.646. The highest BCUT2D eigenvalue weighted by molar-refractivity contribution is 7.98. The van der Waals surface area contributed by atoms with Crippen LogP contribution in [-0.4, -0.2) is 11.2 Å². The highest BCUT2D eigenvalue weighted by Crippen LogP contribution is 2.18. The molecule has 0 fully saturated rings. The molecule has 13 heavy (non-hydrogen) atoms. The fourth-order valence-electron chi connectivity index (χ4n) is 1.08. The molecule has 0 aliphatic carbocycles. The molecule has 0 saturated carbocycles. The summed E-state index contributed by atoms with van der Waals surface area (Å²) in [5.41, 5.74) is 1.73. The number of aryl methyl sites for hydroxylation is 1. The van der Waals surface area contributed by atoms with Gasteiger partial charge < -0.3 is 4.42 Å². The lowest BCUT2D eigenvalue weighted by atomic mass is 10.4. The normalized spacial score (nSPS) is 10.0. The van der Waals surface area contributed by atoms with E-state index in [9.17, 15) is 0 Å². The number of nitrogens with zero attached hydrogens (tertiary/aromatic N) is 2. The topological polar surface area (TPSA) is 29.9 Å². The molecule has 2 aromatic heterocycles. The first kappa shape index (κ1) is 10.1. The Labute approximate surface area is 81.8 Å². The third-order valence-electron chi connectivity index (χ3n) is 1.68. The molecule has 70 valence electrons. The molecule has 2 rings (SSSR count). The minimum absolute atomic E-state index is 0. The van der Waals surface area contributed by atoms with E-state index in [1.807, 2.05) is 36.2 Å².